The molecular formula is C15H22N2O2S2. The Morgan fingerprint density at radius 1 is 1.14 bits per heavy atom. The van der Waals surface area contributed by atoms with Crippen LogP contribution in [0.15, 0.2) is 29.2 Å². The van der Waals surface area contributed by atoms with Crippen molar-refractivity contribution in [1.82, 2.24) is 5.32 Å². The van der Waals surface area contributed by atoms with Crippen LogP contribution in [-0.2, 0) is 9.84 Å². The molecule has 0 amide bonds. The standard InChI is InChI=1S/C15H22N2O2S2/c1-20-11-4-2-3-9-17-10-12-21(18,19)15-7-5-14(13-16)6-8-15/h5-8,17H,2-4,9-12H2,1H3. The van der Waals surface area contributed by atoms with Gasteiger partial charge in [0.15, 0.2) is 9.84 Å². The van der Waals surface area contributed by atoms with Crippen molar-refractivity contribution < 1.29 is 8.42 Å². The summed E-state index contributed by atoms with van der Waals surface area (Å²) in [5.41, 5.74) is 0.470. The SMILES string of the molecule is CSCCCCCNCCS(=O)(=O)c1ccc(C#N)cc1. The van der Waals surface area contributed by atoms with Gasteiger partial charge in [-0.25, -0.2) is 8.42 Å². The summed E-state index contributed by atoms with van der Waals surface area (Å²) in [5.74, 6) is 1.27. The van der Waals surface area contributed by atoms with E-state index in [9.17, 15) is 8.42 Å². The third-order valence-electron chi connectivity index (χ3n) is 3.09. The molecular weight excluding hydrogens is 304 g/mol. The van der Waals surface area contributed by atoms with E-state index in [4.69, 9.17) is 5.26 Å². The number of sulfone groups is 1. The van der Waals surface area contributed by atoms with E-state index >= 15 is 0 Å². The first kappa shape index (κ1) is 18.0. The summed E-state index contributed by atoms with van der Waals surface area (Å²) in [6.45, 7) is 1.32. The molecule has 1 rings (SSSR count). The molecule has 0 unspecified atom stereocenters. The zero-order valence-corrected chi connectivity index (χ0v) is 14.0. The van der Waals surface area contributed by atoms with E-state index in [1.165, 1.54) is 42.9 Å². The van der Waals surface area contributed by atoms with Crippen LogP contribution in [0.25, 0.3) is 0 Å². The van der Waals surface area contributed by atoms with E-state index in [1.54, 1.807) is 0 Å². The van der Waals surface area contributed by atoms with Crippen LogP contribution in [0.2, 0.25) is 0 Å². The lowest BCUT2D eigenvalue weighted by atomic mass is 10.2. The molecule has 0 bridgehead atoms. The van der Waals surface area contributed by atoms with Crippen LogP contribution in [0.1, 0.15) is 24.8 Å². The monoisotopic (exact) mass is 326 g/mol. The quantitative estimate of drug-likeness (QED) is 0.669. The minimum Gasteiger partial charge on any atom is -0.316 e. The van der Waals surface area contributed by atoms with Crippen LogP contribution in [0.3, 0.4) is 0 Å². The first-order valence-electron chi connectivity index (χ1n) is 7.03. The Morgan fingerprint density at radius 2 is 1.86 bits per heavy atom. The number of benzene rings is 1. The molecule has 0 aliphatic heterocycles. The first-order chi connectivity index (χ1) is 10.1. The molecule has 1 N–H and O–H groups in total. The summed E-state index contributed by atoms with van der Waals surface area (Å²) in [4.78, 5) is 0.281. The number of nitrogens with one attached hydrogen (secondary N) is 1. The van der Waals surface area contributed by atoms with Crippen LogP contribution >= 0.6 is 11.8 Å². The van der Waals surface area contributed by atoms with Gasteiger partial charge >= 0.3 is 0 Å². The third kappa shape index (κ3) is 6.98. The maximum atomic E-state index is 12.1. The molecule has 0 aliphatic rings. The van der Waals surface area contributed by atoms with Crippen molar-refractivity contribution in [3.63, 3.8) is 0 Å². The minimum atomic E-state index is -3.26. The van der Waals surface area contributed by atoms with Gasteiger partial charge in [-0.05, 0) is 55.7 Å². The second-order valence-corrected chi connectivity index (χ2v) is 7.85. The summed E-state index contributed by atoms with van der Waals surface area (Å²) in [6.07, 6.45) is 5.58. The lowest BCUT2D eigenvalue weighted by Gasteiger charge is -2.06. The summed E-state index contributed by atoms with van der Waals surface area (Å²) < 4.78 is 24.2. The molecule has 1 aromatic rings. The van der Waals surface area contributed by atoms with Crippen molar-refractivity contribution in [2.75, 3.05) is 30.9 Å². The third-order valence-corrected chi connectivity index (χ3v) is 5.52. The largest absolute Gasteiger partial charge is 0.316 e. The maximum absolute atomic E-state index is 12.1. The summed E-state index contributed by atoms with van der Waals surface area (Å²) in [5, 5.41) is 11.9. The van der Waals surface area contributed by atoms with Crippen LogP contribution in [0, 0.1) is 11.3 Å². The Kier molecular flexibility index (Phi) is 8.43. The molecule has 6 heteroatoms. The van der Waals surface area contributed by atoms with Gasteiger partial charge < -0.3 is 5.32 Å². The Morgan fingerprint density at radius 3 is 2.48 bits per heavy atom. The highest BCUT2D eigenvalue weighted by Gasteiger charge is 2.13. The summed E-state index contributed by atoms with van der Waals surface area (Å²) >= 11 is 1.85. The number of nitriles is 1. The Balaban J connectivity index is 2.28. The fourth-order valence-electron chi connectivity index (χ4n) is 1.86. The predicted molar refractivity (Wildman–Crippen MR) is 88.3 cm³/mol. The molecule has 0 aromatic heterocycles. The lowest BCUT2D eigenvalue weighted by Crippen LogP contribution is -2.24. The van der Waals surface area contributed by atoms with Gasteiger partial charge in [-0.3, -0.25) is 0 Å². The zero-order valence-electron chi connectivity index (χ0n) is 12.3. The molecule has 0 aliphatic carbocycles. The van der Waals surface area contributed by atoms with Crippen molar-refractivity contribution in [3.8, 4) is 6.07 Å². The summed E-state index contributed by atoms with van der Waals surface area (Å²) in [7, 11) is -3.26. The molecule has 0 atom stereocenters. The number of hydrogen-bond donors (Lipinski definition) is 1. The van der Waals surface area contributed by atoms with Gasteiger partial charge in [-0.1, -0.05) is 6.42 Å². The molecule has 1 aromatic carbocycles. The van der Waals surface area contributed by atoms with Gasteiger partial charge in [0.25, 0.3) is 0 Å². The summed E-state index contributed by atoms with van der Waals surface area (Å²) in [6, 6.07) is 8.04. The van der Waals surface area contributed by atoms with Crippen molar-refractivity contribution in [3.05, 3.63) is 29.8 Å². The number of unbranched alkanes of at least 4 members (excludes halogenated alkanes) is 2. The average Bonchev–Trinajstić information content (AvgIpc) is 2.50. The Bertz CT molecular complexity index is 548. The minimum absolute atomic E-state index is 0.0870. The zero-order chi connectivity index (χ0) is 15.6. The normalized spacial score (nSPS) is 11.2. The van der Waals surface area contributed by atoms with Crippen LogP contribution in [0.4, 0.5) is 0 Å². The Labute approximate surface area is 131 Å². The van der Waals surface area contributed by atoms with Crippen molar-refractivity contribution in [1.29, 1.82) is 5.26 Å². The molecule has 0 heterocycles. The van der Waals surface area contributed by atoms with E-state index in [1.807, 2.05) is 17.8 Å². The highest BCUT2D eigenvalue weighted by molar-refractivity contribution is 7.98. The van der Waals surface area contributed by atoms with E-state index in [0.29, 0.717) is 12.1 Å². The fourth-order valence-corrected chi connectivity index (χ4v) is 3.55. The number of hydrogen-bond acceptors (Lipinski definition) is 5. The van der Waals surface area contributed by atoms with Gasteiger partial charge in [0.1, 0.15) is 0 Å². The number of rotatable bonds is 10. The van der Waals surface area contributed by atoms with Crippen molar-refractivity contribution in [2.24, 2.45) is 0 Å². The highest BCUT2D eigenvalue weighted by Crippen LogP contribution is 2.11. The topological polar surface area (TPSA) is 70.0 Å². The second-order valence-electron chi connectivity index (χ2n) is 4.76. The van der Waals surface area contributed by atoms with Gasteiger partial charge in [-0.2, -0.15) is 17.0 Å². The molecule has 4 nitrogen and oxygen atoms in total. The average molecular weight is 326 g/mol. The molecule has 0 radical (unpaired) electrons. The smallest absolute Gasteiger partial charge is 0.179 e. The van der Waals surface area contributed by atoms with Gasteiger partial charge in [-0.15, -0.1) is 0 Å². The highest BCUT2D eigenvalue weighted by atomic mass is 32.2. The van der Waals surface area contributed by atoms with Gasteiger partial charge in [0, 0.05) is 6.54 Å². The molecule has 21 heavy (non-hydrogen) atoms. The number of thioether (sulfide) groups is 1. The molecule has 0 spiro atoms. The Hall–Kier alpha value is -1.03. The first-order valence-corrected chi connectivity index (χ1v) is 10.1. The van der Waals surface area contributed by atoms with E-state index < -0.39 is 9.84 Å². The predicted octanol–water partition coefficient (Wildman–Crippen LogP) is 2.45. The van der Waals surface area contributed by atoms with E-state index in [2.05, 4.69) is 11.6 Å². The molecule has 0 saturated carbocycles. The van der Waals surface area contributed by atoms with Crippen molar-refractivity contribution in [2.45, 2.75) is 24.2 Å². The lowest BCUT2D eigenvalue weighted by molar-refractivity contribution is 0.586. The van der Waals surface area contributed by atoms with Gasteiger partial charge in [0.05, 0.1) is 22.3 Å². The van der Waals surface area contributed by atoms with Crippen LogP contribution in [-0.4, -0.2) is 39.3 Å². The molecule has 0 fully saturated rings. The van der Waals surface area contributed by atoms with E-state index in [0.717, 1.165) is 13.0 Å². The van der Waals surface area contributed by atoms with Crippen molar-refractivity contribution >= 4 is 21.6 Å². The van der Waals surface area contributed by atoms with Crippen LogP contribution in [0.5, 0.6) is 0 Å². The van der Waals surface area contributed by atoms with Crippen LogP contribution < -0.4 is 5.32 Å². The molecule has 116 valence electrons. The van der Waals surface area contributed by atoms with Gasteiger partial charge in [0.2, 0.25) is 0 Å². The maximum Gasteiger partial charge on any atom is 0.179 e. The molecule has 0 saturated heterocycles. The number of nitrogens with zero attached hydrogens (tertiary/aromatic N) is 1. The fraction of sp³-hybridized carbons (Fsp3) is 0.533. The van der Waals surface area contributed by atoms with E-state index in [-0.39, 0.29) is 10.6 Å². The second kappa shape index (κ2) is 9.82.